The fourth-order valence-corrected chi connectivity index (χ4v) is 6.92. The van der Waals surface area contributed by atoms with E-state index in [0.29, 0.717) is 23.3 Å². The van der Waals surface area contributed by atoms with Crippen molar-refractivity contribution in [1.29, 1.82) is 0 Å². The van der Waals surface area contributed by atoms with Crippen molar-refractivity contribution < 1.29 is 14.7 Å². The maximum atomic E-state index is 14.2. The smallest absolute Gasteiger partial charge is 0.303 e. The fourth-order valence-electron chi connectivity index (χ4n) is 6.92. The molecule has 220 valence electrons. The van der Waals surface area contributed by atoms with Gasteiger partial charge < -0.3 is 14.5 Å². The van der Waals surface area contributed by atoms with Crippen LogP contribution in [-0.2, 0) is 9.63 Å². The van der Waals surface area contributed by atoms with Crippen LogP contribution in [0, 0.1) is 5.92 Å². The van der Waals surface area contributed by atoms with Gasteiger partial charge in [0.2, 0.25) is 0 Å². The van der Waals surface area contributed by atoms with Gasteiger partial charge in [0.25, 0.3) is 5.56 Å². The molecular weight excluding hydrogens is 504 g/mol. The monoisotopic (exact) mass is 552 g/mol. The van der Waals surface area contributed by atoms with E-state index >= 15 is 0 Å². The quantitative estimate of drug-likeness (QED) is 0.237. The summed E-state index contributed by atoms with van der Waals surface area (Å²) in [6, 6.07) is 8.91. The zero-order valence-corrected chi connectivity index (χ0v) is 24.8. The molecule has 2 fully saturated rings. The Balaban J connectivity index is 1.69. The summed E-state index contributed by atoms with van der Waals surface area (Å²) in [5, 5.41) is 13.6. The first-order valence-electron chi connectivity index (χ1n) is 15.5. The molecule has 1 saturated heterocycles. The molecule has 1 N–H and O–H groups in total. The summed E-state index contributed by atoms with van der Waals surface area (Å²) in [5.41, 5.74) is 1.84. The second-order valence-corrected chi connectivity index (χ2v) is 12.0. The third kappa shape index (κ3) is 7.31. The Kier molecular flexibility index (Phi) is 10.8. The van der Waals surface area contributed by atoms with E-state index in [1.165, 1.54) is 38.5 Å². The average molecular weight is 553 g/mol. The van der Waals surface area contributed by atoms with Crippen LogP contribution in [0.25, 0.3) is 11.0 Å². The molecule has 1 aliphatic carbocycles. The van der Waals surface area contributed by atoms with Crippen LogP contribution in [0.4, 0.5) is 0 Å². The summed E-state index contributed by atoms with van der Waals surface area (Å²) in [7, 11) is 0. The summed E-state index contributed by atoms with van der Waals surface area (Å²) in [5.74, 6) is -0.105. The number of fused-ring (bicyclic) bond motifs is 1. The Hall–Kier alpha value is -2.74. The molecule has 1 aromatic heterocycles. The van der Waals surface area contributed by atoms with Gasteiger partial charge in [0, 0.05) is 31.1 Å². The number of hydrogen-bond donors (Lipinski definition) is 1. The minimum Gasteiger partial charge on any atom is -0.481 e. The third-order valence-electron chi connectivity index (χ3n) is 8.66. The zero-order valence-electron chi connectivity index (χ0n) is 24.8. The molecule has 0 unspecified atom stereocenters. The number of para-hydroxylation sites is 2. The topological polar surface area (TPSA) is 97.0 Å². The minimum absolute atomic E-state index is 0.0497. The van der Waals surface area contributed by atoms with Crippen molar-refractivity contribution in [2.75, 3.05) is 6.54 Å². The summed E-state index contributed by atoms with van der Waals surface area (Å²) in [6.07, 6.45) is 11.7. The van der Waals surface area contributed by atoms with Crippen LogP contribution in [0.5, 0.6) is 0 Å². The maximum absolute atomic E-state index is 14.2. The van der Waals surface area contributed by atoms with Crippen LogP contribution in [0.1, 0.15) is 116 Å². The summed E-state index contributed by atoms with van der Waals surface area (Å²) in [4.78, 5) is 38.6. The van der Waals surface area contributed by atoms with Crippen LogP contribution in [0.3, 0.4) is 0 Å². The predicted molar refractivity (Wildman–Crippen MR) is 160 cm³/mol. The van der Waals surface area contributed by atoms with Gasteiger partial charge in [0.05, 0.1) is 17.5 Å². The Morgan fingerprint density at radius 2 is 1.85 bits per heavy atom. The molecule has 40 heavy (non-hydrogen) atoms. The molecule has 8 heteroatoms. The van der Waals surface area contributed by atoms with Gasteiger partial charge >= 0.3 is 5.97 Å². The number of hydrogen-bond acceptors (Lipinski definition) is 6. The van der Waals surface area contributed by atoms with Crippen molar-refractivity contribution in [3.63, 3.8) is 0 Å². The van der Waals surface area contributed by atoms with Gasteiger partial charge in [0.1, 0.15) is 11.8 Å². The lowest BCUT2D eigenvalue weighted by molar-refractivity contribution is -0.136. The van der Waals surface area contributed by atoms with Gasteiger partial charge in [-0.15, -0.1) is 0 Å². The molecule has 0 amide bonds. The van der Waals surface area contributed by atoms with E-state index in [1.54, 1.807) is 0 Å². The van der Waals surface area contributed by atoms with Crippen LogP contribution >= 0.6 is 0 Å². The molecule has 1 saturated carbocycles. The summed E-state index contributed by atoms with van der Waals surface area (Å²) >= 11 is 0. The summed E-state index contributed by atoms with van der Waals surface area (Å²) in [6.45, 7) is 9.25. The number of oxime groups is 1. The Morgan fingerprint density at radius 1 is 1.07 bits per heavy atom. The lowest BCUT2D eigenvalue weighted by Gasteiger charge is -2.47. The number of carbonyl (C=O) groups is 1. The van der Waals surface area contributed by atoms with Gasteiger partial charge in [-0.25, -0.2) is 4.98 Å². The molecule has 2 heterocycles. The molecule has 1 aromatic carbocycles. The van der Waals surface area contributed by atoms with Crippen molar-refractivity contribution in [3.8, 4) is 0 Å². The van der Waals surface area contributed by atoms with E-state index in [9.17, 15) is 14.7 Å². The molecule has 2 aliphatic rings. The van der Waals surface area contributed by atoms with Crippen molar-refractivity contribution in [2.45, 2.75) is 129 Å². The first-order valence-corrected chi connectivity index (χ1v) is 15.5. The molecule has 0 bridgehead atoms. The fraction of sp³-hybridized carbons (Fsp3) is 0.688. The summed E-state index contributed by atoms with van der Waals surface area (Å²) < 4.78 is 1.93. The number of aliphatic carboxylic acids is 1. The Bertz CT molecular complexity index is 1220. The average Bonchev–Trinajstić information content (AvgIpc) is 2.93. The van der Waals surface area contributed by atoms with E-state index < -0.39 is 5.97 Å². The lowest BCUT2D eigenvalue weighted by Crippen LogP contribution is -2.51. The Morgan fingerprint density at radius 3 is 2.58 bits per heavy atom. The van der Waals surface area contributed by atoms with E-state index in [4.69, 9.17) is 9.82 Å². The Labute approximate surface area is 238 Å². The second-order valence-electron chi connectivity index (χ2n) is 12.0. The van der Waals surface area contributed by atoms with Crippen LogP contribution in [0.2, 0.25) is 0 Å². The standard InChI is InChI=1S/C32H48N4O4/c1-5-10-23-12-9-13-25(20-23)35-19-18-26(21-24(35)11-6-2)36-29-15-8-7-14-27(29)33-31(32(36)39)28(16-17-30(37)38)34-40-22(3)4/h7-8,14-15,22-26H,5-6,9-13,16-21H2,1-4H3,(H,37,38)/b34-28+/t23-,24-,25-,26-/m1/s1. The number of carboxylic acid groups (broad SMARTS) is 1. The van der Waals surface area contributed by atoms with Crippen LogP contribution in [0.15, 0.2) is 34.2 Å². The number of piperidine rings is 1. The lowest BCUT2D eigenvalue weighted by atomic mass is 9.80. The van der Waals surface area contributed by atoms with E-state index in [2.05, 4.69) is 23.9 Å². The van der Waals surface area contributed by atoms with Crippen LogP contribution in [-0.4, -0.2) is 56.0 Å². The predicted octanol–water partition coefficient (Wildman–Crippen LogP) is 6.55. The first kappa shape index (κ1) is 30.2. The largest absolute Gasteiger partial charge is 0.481 e. The van der Waals surface area contributed by atoms with Crippen molar-refractivity contribution >= 4 is 22.7 Å². The molecule has 4 atom stereocenters. The molecule has 0 spiro atoms. The highest BCUT2D eigenvalue weighted by Crippen LogP contribution is 2.37. The highest BCUT2D eigenvalue weighted by molar-refractivity contribution is 6.00. The van der Waals surface area contributed by atoms with Crippen molar-refractivity contribution in [3.05, 3.63) is 40.3 Å². The van der Waals surface area contributed by atoms with E-state index in [0.717, 1.165) is 43.7 Å². The molecule has 8 nitrogen and oxygen atoms in total. The van der Waals surface area contributed by atoms with E-state index in [-0.39, 0.29) is 36.2 Å². The number of aromatic nitrogens is 2. The SMILES string of the molecule is CCC[C@@H]1CCC[C@@H](N2CC[C@@H](n3c(=O)c(/C(CCC(=O)O)=N/OC(C)C)nc4ccccc43)C[C@H]2CCC)C1. The first-order chi connectivity index (χ1) is 19.3. The zero-order chi connectivity index (χ0) is 28.6. The van der Waals surface area contributed by atoms with Gasteiger partial charge in [0.15, 0.2) is 5.69 Å². The normalized spacial score (nSPS) is 24.5. The third-order valence-corrected chi connectivity index (χ3v) is 8.66. The van der Waals surface area contributed by atoms with Crippen LogP contribution < -0.4 is 5.56 Å². The maximum Gasteiger partial charge on any atom is 0.303 e. The van der Waals surface area contributed by atoms with Crippen molar-refractivity contribution in [2.24, 2.45) is 11.1 Å². The number of benzene rings is 1. The molecular formula is C32H48N4O4. The number of likely N-dealkylation sites (tertiary alicyclic amines) is 1. The van der Waals surface area contributed by atoms with Gasteiger partial charge in [-0.1, -0.05) is 63.2 Å². The molecule has 2 aromatic rings. The highest BCUT2D eigenvalue weighted by atomic mass is 16.6. The molecule has 0 radical (unpaired) electrons. The molecule has 4 rings (SSSR count). The van der Waals surface area contributed by atoms with Crippen molar-refractivity contribution in [1.82, 2.24) is 14.5 Å². The van der Waals surface area contributed by atoms with Gasteiger partial charge in [-0.3, -0.25) is 14.5 Å². The van der Waals surface area contributed by atoms with Gasteiger partial charge in [-0.2, -0.15) is 0 Å². The number of carboxylic acids is 1. The minimum atomic E-state index is -0.947. The van der Waals surface area contributed by atoms with Gasteiger partial charge in [-0.05, 0) is 64.0 Å². The second kappa shape index (κ2) is 14.2. The molecule has 1 aliphatic heterocycles. The number of rotatable bonds is 12. The number of nitrogens with zero attached hydrogens (tertiary/aromatic N) is 4. The highest BCUT2D eigenvalue weighted by Gasteiger charge is 2.36. The van der Waals surface area contributed by atoms with E-state index in [1.807, 2.05) is 42.7 Å².